The summed E-state index contributed by atoms with van der Waals surface area (Å²) in [5.41, 5.74) is 4.99. The van der Waals surface area contributed by atoms with Crippen LogP contribution in [0.1, 0.15) is 28.8 Å². The molecule has 0 aliphatic heterocycles. The summed E-state index contributed by atoms with van der Waals surface area (Å²) in [5.74, 6) is 0. The fraction of sp³-hybridized carbons (Fsp3) is 0.357. The molecular formula is C14H15ClN2. The summed E-state index contributed by atoms with van der Waals surface area (Å²) < 4.78 is 1.93. The highest BCUT2D eigenvalue weighted by Gasteiger charge is 2.20. The van der Waals surface area contributed by atoms with Gasteiger partial charge < -0.3 is 0 Å². The van der Waals surface area contributed by atoms with Crippen LogP contribution in [0.4, 0.5) is 0 Å². The van der Waals surface area contributed by atoms with Crippen molar-refractivity contribution < 1.29 is 0 Å². The second kappa shape index (κ2) is 4.19. The van der Waals surface area contributed by atoms with Crippen molar-refractivity contribution >= 4 is 11.6 Å². The van der Waals surface area contributed by atoms with Gasteiger partial charge in [-0.15, -0.1) is 0 Å². The zero-order valence-corrected chi connectivity index (χ0v) is 10.7. The van der Waals surface area contributed by atoms with E-state index in [1.54, 1.807) is 0 Å². The molecule has 2 nitrogen and oxygen atoms in total. The molecule has 1 aliphatic carbocycles. The Morgan fingerprint density at radius 3 is 3.00 bits per heavy atom. The van der Waals surface area contributed by atoms with Gasteiger partial charge in [0.15, 0.2) is 0 Å². The number of hydrogen-bond donors (Lipinski definition) is 0. The number of aryl methyl sites for hydroxylation is 2. The lowest BCUT2D eigenvalue weighted by Gasteiger charge is -2.05. The molecule has 17 heavy (non-hydrogen) atoms. The van der Waals surface area contributed by atoms with Crippen molar-refractivity contribution in [3.05, 3.63) is 51.8 Å². The van der Waals surface area contributed by atoms with Gasteiger partial charge in [0.05, 0.1) is 12.2 Å². The monoisotopic (exact) mass is 246 g/mol. The van der Waals surface area contributed by atoms with E-state index in [0.717, 1.165) is 24.5 Å². The number of aromatic nitrogens is 2. The highest BCUT2D eigenvalue weighted by atomic mass is 35.5. The summed E-state index contributed by atoms with van der Waals surface area (Å²) in [7, 11) is 0. The van der Waals surface area contributed by atoms with Gasteiger partial charge in [0.2, 0.25) is 0 Å². The van der Waals surface area contributed by atoms with Crippen molar-refractivity contribution in [2.24, 2.45) is 0 Å². The molecule has 88 valence electrons. The summed E-state index contributed by atoms with van der Waals surface area (Å²) in [6.45, 7) is 2.88. The Morgan fingerprint density at radius 2 is 2.24 bits per heavy atom. The normalized spacial score (nSPS) is 14.0. The summed E-state index contributed by atoms with van der Waals surface area (Å²) in [5, 5.41) is 5.43. The van der Waals surface area contributed by atoms with Crippen LogP contribution in [0.25, 0.3) is 0 Å². The maximum Gasteiger partial charge on any atom is 0.130 e. The minimum atomic E-state index is 0.771. The van der Waals surface area contributed by atoms with Crippen molar-refractivity contribution in [1.82, 2.24) is 9.78 Å². The Morgan fingerprint density at radius 1 is 1.35 bits per heavy atom. The fourth-order valence-electron chi connectivity index (χ4n) is 2.49. The smallest absolute Gasteiger partial charge is 0.130 e. The van der Waals surface area contributed by atoms with E-state index < -0.39 is 0 Å². The van der Waals surface area contributed by atoms with Crippen molar-refractivity contribution in [3.8, 4) is 0 Å². The number of halogens is 1. The predicted octanol–water partition coefficient (Wildman–Crippen LogP) is 3.38. The largest absolute Gasteiger partial charge is 0.249 e. The molecule has 0 amide bonds. The molecule has 1 aromatic heterocycles. The van der Waals surface area contributed by atoms with Gasteiger partial charge >= 0.3 is 0 Å². The van der Waals surface area contributed by atoms with Crippen LogP contribution in [0.2, 0.25) is 5.15 Å². The molecule has 1 aromatic carbocycles. The molecule has 2 aromatic rings. The van der Waals surface area contributed by atoms with Gasteiger partial charge in [-0.05, 0) is 31.7 Å². The Labute approximate surface area is 106 Å². The van der Waals surface area contributed by atoms with Gasteiger partial charge in [-0.3, -0.25) is 0 Å². The number of hydrogen-bond acceptors (Lipinski definition) is 1. The van der Waals surface area contributed by atoms with E-state index in [2.05, 4.69) is 36.3 Å². The van der Waals surface area contributed by atoms with E-state index in [4.69, 9.17) is 11.6 Å². The van der Waals surface area contributed by atoms with Crippen molar-refractivity contribution in [1.29, 1.82) is 0 Å². The number of rotatable bonds is 2. The number of fused-ring (bicyclic) bond motifs is 1. The second-order valence-corrected chi connectivity index (χ2v) is 5.07. The third-order valence-corrected chi connectivity index (χ3v) is 3.74. The number of benzene rings is 1. The SMILES string of the molecule is Cc1cccc(Cn2nc3c(c2Cl)CCC3)c1. The summed E-state index contributed by atoms with van der Waals surface area (Å²) in [6.07, 6.45) is 3.36. The first-order valence-corrected chi connectivity index (χ1v) is 6.41. The molecule has 3 heteroatoms. The van der Waals surface area contributed by atoms with Crippen molar-refractivity contribution in [2.75, 3.05) is 0 Å². The predicted molar refractivity (Wildman–Crippen MR) is 69.5 cm³/mol. The van der Waals surface area contributed by atoms with E-state index in [1.165, 1.54) is 28.8 Å². The summed E-state index contributed by atoms with van der Waals surface area (Å²) >= 11 is 6.36. The lowest BCUT2D eigenvalue weighted by molar-refractivity contribution is 0.664. The molecule has 0 saturated heterocycles. The molecule has 0 radical (unpaired) electrons. The minimum absolute atomic E-state index is 0.771. The minimum Gasteiger partial charge on any atom is -0.249 e. The molecule has 0 atom stereocenters. The van der Waals surface area contributed by atoms with E-state index in [1.807, 2.05) is 4.68 Å². The van der Waals surface area contributed by atoms with Gasteiger partial charge in [-0.2, -0.15) is 5.10 Å². The third-order valence-electron chi connectivity index (χ3n) is 3.32. The number of nitrogens with zero attached hydrogens (tertiary/aromatic N) is 2. The van der Waals surface area contributed by atoms with Crippen LogP contribution >= 0.6 is 11.6 Å². The molecule has 0 bridgehead atoms. The van der Waals surface area contributed by atoms with Crippen LogP contribution in [0, 0.1) is 6.92 Å². The molecule has 0 spiro atoms. The topological polar surface area (TPSA) is 17.8 Å². The zero-order chi connectivity index (χ0) is 11.8. The molecular weight excluding hydrogens is 232 g/mol. The average Bonchev–Trinajstić information content (AvgIpc) is 2.84. The highest BCUT2D eigenvalue weighted by molar-refractivity contribution is 6.30. The van der Waals surface area contributed by atoms with Crippen molar-refractivity contribution in [2.45, 2.75) is 32.7 Å². The maximum absolute atomic E-state index is 6.36. The molecule has 1 heterocycles. The first kappa shape index (κ1) is 10.8. The molecule has 3 rings (SSSR count). The van der Waals surface area contributed by atoms with Gasteiger partial charge in [0, 0.05) is 5.56 Å². The molecule has 0 fully saturated rings. The van der Waals surface area contributed by atoms with Crippen LogP contribution in [-0.4, -0.2) is 9.78 Å². The zero-order valence-electron chi connectivity index (χ0n) is 9.91. The lowest BCUT2D eigenvalue weighted by atomic mass is 10.1. The maximum atomic E-state index is 6.36. The Bertz CT molecular complexity index is 557. The third kappa shape index (κ3) is 1.98. The summed E-state index contributed by atoms with van der Waals surface area (Å²) in [6, 6.07) is 8.49. The van der Waals surface area contributed by atoms with Gasteiger partial charge in [-0.1, -0.05) is 41.4 Å². The first-order valence-electron chi connectivity index (χ1n) is 6.03. The van der Waals surface area contributed by atoms with Gasteiger partial charge in [0.1, 0.15) is 5.15 Å². The van der Waals surface area contributed by atoms with E-state index in [-0.39, 0.29) is 0 Å². The highest BCUT2D eigenvalue weighted by Crippen LogP contribution is 2.28. The van der Waals surface area contributed by atoms with Crippen LogP contribution in [0.5, 0.6) is 0 Å². The quantitative estimate of drug-likeness (QED) is 0.794. The second-order valence-electron chi connectivity index (χ2n) is 4.72. The van der Waals surface area contributed by atoms with Crippen LogP contribution in [0.3, 0.4) is 0 Å². The first-order chi connectivity index (χ1) is 8.24. The van der Waals surface area contributed by atoms with Gasteiger partial charge in [-0.25, -0.2) is 4.68 Å². The van der Waals surface area contributed by atoms with E-state index in [0.29, 0.717) is 0 Å². The van der Waals surface area contributed by atoms with E-state index >= 15 is 0 Å². The Hall–Kier alpha value is -1.28. The molecule has 0 N–H and O–H groups in total. The summed E-state index contributed by atoms with van der Waals surface area (Å²) in [4.78, 5) is 0. The van der Waals surface area contributed by atoms with Crippen LogP contribution in [0.15, 0.2) is 24.3 Å². The fourth-order valence-corrected chi connectivity index (χ4v) is 2.80. The van der Waals surface area contributed by atoms with E-state index in [9.17, 15) is 0 Å². The Balaban J connectivity index is 1.91. The van der Waals surface area contributed by atoms with Crippen molar-refractivity contribution in [3.63, 3.8) is 0 Å². The van der Waals surface area contributed by atoms with Crippen LogP contribution in [-0.2, 0) is 19.4 Å². The standard InChI is InChI=1S/C14H15ClN2/c1-10-4-2-5-11(8-10)9-17-14(15)12-6-3-7-13(12)16-17/h2,4-5,8H,3,6-7,9H2,1H3. The Kier molecular flexibility index (Phi) is 2.67. The molecule has 0 unspecified atom stereocenters. The molecule has 1 aliphatic rings. The van der Waals surface area contributed by atoms with Gasteiger partial charge in [0.25, 0.3) is 0 Å². The average molecular weight is 247 g/mol. The molecule has 0 saturated carbocycles. The van der Waals surface area contributed by atoms with Crippen LogP contribution < -0.4 is 0 Å². The lowest BCUT2D eigenvalue weighted by Crippen LogP contribution is -2.03.